The number of amides is 1. The molecule has 0 radical (unpaired) electrons. The molecule has 2 heterocycles. The van der Waals surface area contributed by atoms with Gasteiger partial charge in [-0.2, -0.15) is 0 Å². The zero-order valence-electron chi connectivity index (χ0n) is 14.5. The molecule has 3 N–H and O–H groups in total. The molecule has 1 aromatic carbocycles. The Balaban J connectivity index is 1.87. The van der Waals surface area contributed by atoms with E-state index in [1.165, 1.54) is 10.5 Å². The number of likely N-dealkylation sites (tertiary alicyclic amines) is 1. The Hall–Kier alpha value is -2.32. The Labute approximate surface area is 146 Å². The molecule has 1 amide bonds. The zero-order chi connectivity index (χ0) is 17.6. The van der Waals surface area contributed by atoms with Gasteiger partial charge in [-0.05, 0) is 10.4 Å². The van der Waals surface area contributed by atoms with Crippen molar-refractivity contribution in [3.8, 4) is 0 Å². The second-order valence-electron chi connectivity index (χ2n) is 6.43. The Morgan fingerprint density at radius 2 is 2.08 bits per heavy atom. The van der Waals surface area contributed by atoms with Gasteiger partial charge < -0.3 is 15.4 Å². The summed E-state index contributed by atoms with van der Waals surface area (Å²) in [6.45, 7) is 2.90. The van der Waals surface area contributed by atoms with Crippen LogP contribution < -0.4 is 10.6 Å². The predicted octanol–water partition coefficient (Wildman–Crippen LogP) is -0.811. The highest BCUT2D eigenvalue weighted by atomic mass is 16.5. The molecule has 0 bridgehead atoms. The van der Waals surface area contributed by atoms with Gasteiger partial charge in [0.1, 0.15) is 0 Å². The van der Waals surface area contributed by atoms with E-state index >= 15 is 0 Å². The smallest absolute Gasteiger partial charge is 0.220 e. The number of ether oxygens (including phenoxy) is 1. The third-order valence-electron chi connectivity index (χ3n) is 4.90. The number of piperidine rings is 1. The van der Waals surface area contributed by atoms with Crippen LogP contribution in [0.25, 0.3) is 0 Å². The van der Waals surface area contributed by atoms with E-state index in [1.807, 2.05) is 22.9 Å². The van der Waals surface area contributed by atoms with Gasteiger partial charge in [0.05, 0.1) is 26.2 Å². The van der Waals surface area contributed by atoms with Crippen molar-refractivity contribution in [3.05, 3.63) is 41.7 Å². The number of nitrogens with one attached hydrogen (secondary N) is 1. The molecule has 25 heavy (non-hydrogen) atoms. The number of hydrogen-bond acceptors (Lipinski definition) is 5. The molecule has 1 aliphatic rings. The van der Waals surface area contributed by atoms with E-state index in [4.69, 9.17) is 10.5 Å². The second kappa shape index (κ2) is 8.17. The van der Waals surface area contributed by atoms with Gasteiger partial charge in [0, 0.05) is 31.4 Å². The largest absolute Gasteiger partial charge is 0.383 e. The van der Waals surface area contributed by atoms with Crippen molar-refractivity contribution in [2.45, 2.75) is 25.4 Å². The number of hydrogen-bond donors (Lipinski definition) is 2. The Morgan fingerprint density at radius 1 is 1.36 bits per heavy atom. The summed E-state index contributed by atoms with van der Waals surface area (Å²) in [6.07, 6.45) is 1.60. The lowest BCUT2D eigenvalue weighted by Gasteiger charge is -2.33. The second-order valence-corrected chi connectivity index (χ2v) is 6.43. The van der Waals surface area contributed by atoms with Crippen LogP contribution in [-0.4, -0.2) is 52.9 Å². The van der Waals surface area contributed by atoms with E-state index in [9.17, 15) is 4.79 Å². The monoisotopic (exact) mass is 345 g/mol. The number of carbonyl (C=O) groups is 1. The minimum absolute atomic E-state index is 0.0235. The molecule has 0 spiro atoms. The lowest BCUT2D eigenvalue weighted by atomic mass is 9.93. The lowest BCUT2D eigenvalue weighted by Crippen LogP contribution is -3.13. The van der Waals surface area contributed by atoms with Crippen molar-refractivity contribution in [1.29, 1.82) is 0 Å². The van der Waals surface area contributed by atoms with Gasteiger partial charge in [-0.3, -0.25) is 4.79 Å². The molecule has 8 heteroatoms. The molecule has 8 nitrogen and oxygen atoms in total. The number of nitrogens with two attached hydrogens (primary N) is 1. The Kier molecular flexibility index (Phi) is 5.72. The molecule has 0 aliphatic carbocycles. The maximum absolute atomic E-state index is 11.5. The number of tetrazole rings is 1. The molecular weight excluding hydrogens is 320 g/mol. The third-order valence-corrected chi connectivity index (χ3v) is 4.90. The van der Waals surface area contributed by atoms with Crippen LogP contribution in [0.15, 0.2) is 30.3 Å². The van der Waals surface area contributed by atoms with Gasteiger partial charge >= 0.3 is 0 Å². The maximum atomic E-state index is 11.5. The van der Waals surface area contributed by atoms with Gasteiger partial charge in [-0.25, -0.2) is 4.68 Å². The van der Waals surface area contributed by atoms with Crippen LogP contribution in [0.5, 0.6) is 0 Å². The highest BCUT2D eigenvalue weighted by molar-refractivity contribution is 5.76. The standard InChI is InChI=1S/C17H24N6O2/c1-25-12-11-23-17(19-20-21-23)15(13-5-3-2-4-6-13)22-9-7-14(8-10-22)16(18)24/h2-6,14-15H,7-12H2,1H3,(H2,18,24)/p+1/t15-/m0/s1. The first-order valence-corrected chi connectivity index (χ1v) is 8.64. The Bertz CT molecular complexity index is 681. The first kappa shape index (κ1) is 17.5. The summed E-state index contributed by atoms with van der Waals surface area (Å²) in [4.78, 5) is 12.8. The topological polar surface area (TPSA) is 100 Å². The summed E-state index contributed by atoms with van der Waals surface area (Å²) in [5.41, 5.74) is 6.64. The summed E-state index contributed by atoms with van der Waals surface area (Å²) in [5.74, 6) is 0.612. The quantitative estimate of drug-likeness (QED) is 0.684. The summed E-state index contributed by atoms with van der Waals surface area (Å²) in [6, 6.07) is 10.3. The van der Waals surface area contributed by atoms with E-state index < -0.39 is 0 Å². The fourth-order valence-electron chi connectivity index (χ4n) is 3.53. The minimum atomic E-state index is -0.194. The van der Waals surface area contributed by atoms with Crippen molar-refractivity contribution in [3.63, 3.8) is 0 Å². The molecule has 1 saturated heterocycles. The number of primary amides is 1. The predicted molar refractivity (Wildman–Crippen MR) is 90.6 cm³/mol. The first-order chi connectivity index (χ1) is 12.2. The maximum Gasteiger partial charge on any atom is 0.220 e. The highest BCUT2D eigenvalue weighted by Gasteiger charge is 2.35. The van der Waals surface area contributed by atoms with Gasteiger partial charge in [0.15, 0.2) is 6.04 Å². The Morgan fingerprint density at radius 3 is 2.72 bits per heavy atom. The SMILES string of the molecule is COCCn1nnnc1[C@H](c1ccccc1)[NH+]1CCC(C(N)=O)CC1. The van der Waals surface area contributed by atoms with E-state index in [1.54, 1.807) is 7.11 Å². The van der Waals surface area contributed by atoms with Crippen molar-refractivity contribution >= 4 is 5.91 Å². The summed E-state index contributed by atoms with van der Waals surface area (Å²) >= 11 is 0. The molecule has 2 aromatic rings. The van der Waals surface area contributed by atoms with Crippen LogP contribution >= 0.6 is 0 Å². The average molecular weight is 345 g/mol. The van der Waals surface area contributed by atoms with Gasteiger partial charge in [0.25, 0.3) is 0 Å². The van der Waals surface area contributed by atoms with E-state index in [2.05, 4.69) is 27.7 Å². The zero-order valence-corrected chi connectivity index (χ0v) is 14.5. The number of aromatic nitrogens is 4. The van der Waals surface area contributed by atoms with Crippen molar-refractivity contribution in [2.75, 3.05) is 26.8 Å². The molecule has 0 saturated carbocycles. The highest BCUT2D eigenvalue weighted by Crippen LogP contribution is 2.19. The number of quaternary nitrogens is 1. The van der Waals surface area contributed by atoms with Crippen LogP contribution in [0.1, 0.15) is 30.3 Å². The molecule has 1 fully saturated rings. The summed E-state index contributed by atoms with van der Waals surface area (Å²) < 4.78 is 6.98. The normalized spacial score (nSPS) is 21.8. The van der Waals surface area contributed by atoms with Gasteiger partial charge in [-0.15, -0.1) is 5.10 Å². The first-order valence-electron chi connectivity index (χ1n) is 8.64. The summed E-state index contributed by atoms with van der Waals surface area (Å²) in [7, 11) is 1.67. The average Bonchev–Trinajstić information content (AvgIpc) is 3.09. The molecule has 3 rings (SSSR count). The van der Waals surface area contributed by atoms with Crippen LogP contribution in [-0.2, 0) is 16.1 Å². The molecule has 1 aliphatic heterocycles. The van der Waals surface area contributed by atoms with E-state index in [0.717, 1.165) is 31.8 Å². The van der Waals surface area contributed by atoms with Crippen LogP contribution in [0, 0.1) is 5.92 Å². The number of benzene rings is 1. The number of rotatable bonds is 7. The minimum Gasteiger partial charge on any atom is -0.383 e. The van der Waals surface area contributed by atoms with Gasteiger partial charge in [-0.1, -0.05) is 30.3 Å². The fourth-order valence-corrected chi connectivity index (χ4v) is 3.53. The number of methoxy groups -OCH3 is 1. The summed E-state index contributed by atoms with van der Waals surface area (Å²) in [5, 5.41) is 12.3. The number of nitrogens with zero attached hydrogens (tertiary/aromatic N) is 4. The van der Waals surface area contributed by atoms with Crippen LogP contribution in [0.4, 0.5) is 0 Å². The molecular formula is C17H25N6O2+. The molecule has 1 aromatic heterocycles. The lowest BCUT2D eigenvalue weighted by molar-refractivity contribution is -0.931. The molecule has 1 atom stereocenters. The van der Waals surface area contributed by atoms with Crippen molar-refractivity contribution in [1.82, 2.24) is 20.2 Å². The van der Waals surface area contributed by atoms with Crippen LogP contribution in [0.2, 0.25) is 0 Å². The van der Waals surface area contributed by atoms with Crippen LogP contribution in [0.3, 0.4) is 0 Å². The third kappa shape index (κ3) is 4.02. The van der Waals surface area contributed by atoms with Crippen molar-refractivity contribution < 1.29 is 14.4 Å². The van der Waals surface area contributed by atoms with E-state index in [0.29, 0.717) is 13.2 Å². The number of carbonyl (C=O) groups excluding carboxylic acids is 1. The van der Waals surface area contributed by atoms with Crippen molar-refractivity contribution in [2.24, 2.45) is 11.7 Å². The molecule has 0 unspecified atom stereocenters. The van der Waals surface area contributed by atoms with Gasteiger partial charge in [0.2, 0.25) is 11.7 Å². The van der Waals surface area contributed by atoms with E-state index in [-0.39, 0.29) is 17.9 Å². The molecule has 134 valence electrons. The fraction of sp³-hybridized carbons (Fsp3) is 0.529.